The Labute approximate surface area is 102 Å². The normalized spacial score (nSPS) is 10.9. The number of benzene rings is 2. The van der Waals surface area contributed by atoms with Crippen molar-refractivity contribution >= 4 is 10.8 Å². The van der Waals surface area contributed by atoms with Crippen LogP contribution in [-0.4, -0.2) is 10.2 Å². The lowest BCUT2D eigenvalue weighted by Crippen LogP contribution is -1.87. The minimum absolute atomic E-state index is 0.232. The van der Waals surface area contributed by atoms with Crippen molar-refractivity contribution in [3.05, 3.63) is 35.9 Å². The molecule has 17 heavy (non-hydrogen) atoms. The highest BCUT2D eigenvalue weighted by molar-refractivity contribution is 5.90. The Balaban J connectivity index is 2.33. The maximum absolute atomic E-state index is 10.2. The monoisotopic (exact) mass is 230 g/mol. The summed E-state index contributed by atoms with van der Waals surface area (Å²) >= 11 is 0. The molecule has 0 amide bonds. The van der Waals surface area contributed by atoms with Gasteiger partial charge in [-0.3, -0.25) is 0 Å². The Kier molecular flexibility index (Phi) is 3.52. The highest BCUT2D eigenvalue weighted by Crippen LogP contribution is 2.31. The number of unbranched alkanes of at least 4 members (excludes halogenated alkanes) is 2. The lowest BCUT2D eigenvalue weighted by Gasteiger charge is -2.08. The predicted molar refractivity (Wildman–Crippen MR) is 70.5 cm³/mol. The summed E-state index contributed by atoms with van der Waals surface area (Å²) in [4.78, 5) is 0. The van der Waals surface area contributed by atoms with Crippen LogP contribution in [0.3, 0.4) is 0 Å². The fraction of sp³-hybridized carbons (Fsp3) is 0.333. The standard InChI is InChI=1S/C15H18O2/c1-2-3-4-5-11-6-7-12-10-13(16)8-9-14(12)15(11)17/h6-10,16-17H,2-5H2,1H3. The predicted octanol–water partition coefficient (Wildman–Crippen LogP) is 3.98. The molecule has 0 saturated carbocycles. The van der Waals surface area contributed by atoms with E-state index in [2.05, 4.69) is 6.92 Å². The summed E-state index contributed by atoms with van der Waals surface area (Å²) in [5, 5.41) is 21.2. The van der Waals surface area contributed by atoms with Crippen molar-refractivity contribution in [3.8, 4) is 11.5 Å². The summed E-state index contributed by atoms with van der Waals surface area (Å²) in [7, 11) is 0. The molecule has 0 fully saturated rings. The average molecular weight is 230 g/mol. The Hall–Kier alpha value is -1.70. The first-order valence-corrected chi connectivity index (χ1v) is 6.16. The van der Waals surface area contributed by atoms with Gasteiger partial charge in [-0.1, -0.05) is 31.9 Å². The second-order valence-corrected chi connectivity index (χ2v) is 4.44. The fourth-order valence-electron chi connectivity index (χ4n) is 2.11. The molecule has 2 aromatic rings. The Morgan fingerprint density at radius 2 is 1.82 bits per heavy atom. The van der Waals surface area contributed by atoms with Crippen LogP contribution in [0.4, 0.5) is 0 Å². The molecule has 2 nitrogen and oxygen atoms in total. The summed E-state index contributed by atoms with van der Waals surface area (Å²) in [6.45, 7) is 2.17. The second-order valence-electron chi connectivity index (χ2n) is 4.44. The fourth-order valence-corrected chi connectivity index (χ4v) is 2.11. The largest absolute Gasteiger partial charge is 0.508 e. The minimum atomic E-state index is 0.232. The van der Waals surface area contributed by atoms with E-state index in [9.17, 15) is 10.2 Å². The zero-order valence-electron chi connectivity index (χ0n) is 10.1. The van der Waals surface area contributed by atoms with Gasteiger partial charge in [0.1, 0.15) is 11.5 Å². The summed E-state index contributed by atoms with van der Waals surface area (Å²) in [5.74, 6) is 0.592. The van der Waals surface area contributed by atoms with Gasteiger partial charge in [-0.05, 0) is 42.0 Å². The number of phenols is 2. The average Bonchev–Trinajstić information content (AvgIpc) is 2.32. The minimum Gasteiger partial charge on any atom is -0.508 e. The molecule has 0 atom stereocenters. The molecule has 0 saturated heterocycles. The zero-order chi connectivity index (χ0) is 12.3. The highest BCUT2D eigenvalue weighted by atomic mass is 16.3. The summed E-state index contributed by atoms with van der Waals surface area (Å²) < 4.78 is 0. The lowest BCUT2D eigenvalue weighted by atomic mass is 10.0. The Bertz CT molecular complexity index is 518. The summed E-state index contributed by atoms with van der Waals surface area (Å²) in [6, 6.07) is 8.95. The smallest absolute Gasteiger partial charge is 0.126 e. The van der Waals surface area contributed by atoms with Crippen molar-refractivity contribution in [1.82, 2.24) is 0 Å². The highest BCUT2D eigenvalue weighted by Gasteiger charge is 2.06. The number of fused-ring (bicyclic) bond motifs is 1. The molecular formula is C15H18O2. The molecule has 90 valence electrons. The molecule has 2 rings (SSSR count). The third-order valence-electron chi connectivity index (χ3n) is 3.11. The van der Waals surface area contributed by atoms with Gasteiger partial charge in [-0.2, -0.15) is 0 Å². The van der Waals surface area contributed by atoms with E-state index in [1.54, 1.807) is 18.2 Å². The van der Waals surface area contributed by atoms with Crippen LogP contribution < -0.4 is 0 Å². The maximum atomic E-state index is 10.2. The van der Waals surface area contributed by atoms with E-state index in [4.69, 9.17) is 0 Å². The van der Waals surface area contributed by atoms with Crippen LogP contribution in [0.1, 0.15) is 31.7 Å². The van der Waals surface area contributed by atoms with Crippen LogP contribution in [0, 0.1) is 0 Å². The molecule has 0 radical (unpaired) electrons. The summed E-state index contributed by atoms with van der Waals surface area (Å²) in [6.07, 6.45) is 4.39. The van der Waals surface area contributed by atoms with Crippen molar-refractivity contribution in [1.29, 1.82) is 0 Å². The van der Waals surface area contributed by atoms with Gasteiger partial charge in [0.05, 0.1) is 0 Å². The molecule has 0 bridgehead atoms. The molecule has 0 aliphatic rings. The molecule has 2 N–H and O–H groups in total. The number of phenolic OH excluding ortho intramolecular Hbond substituents is 2. The van der Waals surface area contributed by atoms with E-state index < -0.39 is 0 Å². The first-order chi connectivity index (χ1) is 8.22. The number of rotatable bonds is 4. The quantitative estimate of drug-likeness (QED) is 0.780. The number of aromatic hydroxyl groups is 2. The third-order valence-corrected chi connectivity index (χ3v) is 3.11. The van der Waals surface area contributed by atoms with Crippen molar-refractivity contribution < 1.29 is 10.2 Å². The van der Waals surface area contributed by atoms with Crippen LogP contribution in [0.25, 0.3) is 10.8 Å². The van der Waals surface area contributed by atoms with E-state index >= 15 is 0 Å². The van der Waals surface area contributed by atoms with Gasteiger partial charge in [-0.25, -0.2) is 0 Å². The van der Waals surface area contributed by atoms with E-state index in [1.165, 1.54) is 12.8 Å². The maximum Gasteiger partial charge on any atom is 0.126 e. The number of aryl methyl sites for hydroxylation is 1. The first-order valence-electron chi connectivity index (χ1n) is 6.16. The molecule has 0 unspecified atom stereocenters. The van der Waals surface area contributed by atoms with Crippen LogP contribution >= 0.6 is 0 Å². The van der Waals surface area contributed by atoms with E-state index in [0.717, 1.165) is 29.2 Å². The van der Waals surface area contributed by atoms with Crippen molar-refractivity contribution in [2.75, 3.05) is 0 Å². The third kappa shape index (κ3) is 2.52. The van der Waals surface area contributed by atoms with Crippen LogP contribution in [0.15, 0.2) is 30.3 Å². The van der Waals surface area contributed by atoms with Gasteiger partial charge in [0.15, 0.2) is 0 Å². The second kappa shape index (κ2) is 5.09. The van der Waals surface area contributed by atoms with E-state index in [0.29, 0.717) is 5.75 Å². The first kappa shape index (κ1) is 11.8. The Morgan fingerprint density at radius 3 is 2.59 bits per heavy atom. The van der Waals surface area contributed by atoms with Gasteiger partial charge in [0.25, 0.3) is 0 Å². The number of hydrogen-bond donors (Lipinski definition) is 2. The molecule has 2 heteroatoms. The molecule has 0 aliphatic carbocycles. The van der Waals surface area contributed by atoms with Crippen LogP contribution in [0.5, 0.6) is 11.5 Å². The molecule has 2 aromatic carbocycles. The number of hydrogen-bond acceptors (Lipinski definition) is 2. The van der Waals surface area contributed by atoms with Crippen molar-refractivity contribution in [2.24, 2.45) is 0 Å². The van der Waals surface area contributed by atoms with Crippen LogP contribution in [-0.2, 0) is 6.42 Å². The summed E-state index contributed by atoms with van der Waals surface area (Å²) in [5.41, 5.74) is 0.997. The van der Waals surface area contributed by atoms with Gasteiger partial charge >= 0.3 is 0 Å². The van der Waals surface area contributed by atoms with Crippen molar-refractivity contribution in [3.63, 3.8) is 0 Å². The van der Waals surface area contributed by atoms with Gasteiger partial charge in [-0.15, -0.1) is 0 Å². The SMILES string of the molecule is CCCCCc1ccc2cc(O)ccc2c1O. The van der Waals surface area contributed by atoms with Gasteiger partial charge in [0, 0.05) is 5.39 Å². The van der Waals surface area contributed by atoms with E-state index in [1.807, 2.05) is 12.1 Å². The topological polar surface area (TPSA) is 40.5 Å². The lowest BCUT2D eigenvalue weighted by molar-refractivity contribution is 0.471. The van der Waals surface area contributed by atoms with Crippen LogP contribution in [0.2, 0.25) is 0 Å². The molecule has 0 spiro atoms. The zero-order valence-corrected chi connectivity index (χ0v) is 10.1. The molecule has 0 heterocycles. The van der Waals surface area contributed by atoms with Gasteiger partial charge < -0.3 is 10.2 Å². The molecule has 0 aliphatic heterocycles. The Morgan fingerprint density at radius 1 is 1.00 bits per heavy atom. The van der Waals surface area contributed by atoms with Gasteiger partial charge in [0.2, 0.25) is 0 Å². The molecule has 0 aromatic heterocycles. The van der Waals surface area contributed by atoms with Crippen molar-refractivity contribution in [2.45, 2.75) is 32.6 Å². The van der Waals surface area contributed by atoms with E-state index in [-0.39, 0.29) is 5.75 Å². The molecular weight excluding hydrogens is 212 g/mol.